The maximum atomic E-state index is 12.5. The first-order valence-electron chi connectivity index (χ1n) is 7.42. The lowest BCUT2D eigenvalue weighted by atomic mass is 10.2. The van der Waals surface area contributed by atoms with Crippen molar-refractivity contribution in [1.82, 2.24) is 0 Å². The molecule has 0 amide bonds. The van der Waals surface area contributed by atoms with Gasteiger partial charge >= 0.3 is 11.9 Å². The van der Waals surface area contributed by atoms with Crippen molar-refractivity contribution in [3.8, 4) is 17.2 Å². The van der Waals surface area contributed by atoms with Crippen LogP contribution in [0.2, 0.25) is 0 Å². The van der Waals surface area contributed by atoms with Gasteiger partial charge in [-0.1, -0.05) is 18.2 Å². The first kappa shape index (κ1) is 18.6. The molecule has 2 rings (SSSR count). The normalized spacial score (nSPS) is 10.5. The van der Waals surface area contributed by atoms with Gasteiger partial charge in [0.05, 0.1) is 7.11 Å². The molecular formula is C19H18O5S. The van der Waals surface area contributed by atoms with E-state index >= 15 is 0 Å². The van der Waals surface area contributed by atoms with E-state index in [1.54, 1.807) is 36.0 Å². The molecule has 130 valence electrons. The molecule has 0 aliphatic heterocycles. The van der Waals surface area contributed by atoms with Crippen molar-refractivity contribution in [2.45, 2.75) is 6.92 Å². The highest BCUT2D eigenvalue weighted by Gasteiger charge is 2.17. The van der Waals surface area contributed by atoms with Crippen molar-refractivity contribution < 1.29 is 23.8 Å². The molecule has 0 atom stereocenters. The van der Waals surface area contributed by atoms with Crippen LogP contribution in [0.3, 0.4) is 0 Å². The van der Waals surface area contributed by atoms with E-state index in [0.29, 0.717) is 5.75 Å². The SMILES string of the molecule is COc1cc(/C=C/SC)ccc1OC(=O)c1ccccc1OC(C)=O. The van der Waals surface area contributed by atoms with Crippen molar-refractivity contribution in [2.24, 2.45) is 0 Å². The number of ether oxygens (including phenoxy) is 3. The van der Waals surface area contributed by atoms with Gasteiger partial charge in [-0.2, -0.15) is 0 Å². The Labute approximate surface area is 150 Å². The van der Waals surface area contributed by atoms with Gasteiger partial charge in [0.15, 0.2) is 11.5 Å². The highest BCUT2D eigenvalue weighted by Crippen LogP contribution is 2.30. The molecule has 0 radical (unpaired) electrons. The Bertz CT molecular complexity index is 798. The number of hydrogen-bond donors (Lipinski definition) is 0. The quantitative estimate of drug-likeness (QED) is 0.570. The second-order valence-electron chi connectivity index (χ2n) is 4.93. The molecule has 2 aromatic carbocycles. The van der Waals surface area contributed by atoms with E-state index < -0.39 is 11.9 Å². The minimum atomic E-state index is -0.637. The van der Waals surface area contributed by atoms with Gasteiger partial charge in [0, 0.05) is 6.92 Å². The van der Waals surface area contributed by atoms with Crippen LogP contribution in [-0.4, -0.2) is 25.3 Å². The average Bonchev–Trinajstić information content (AvgIpc) is 2.60. The van der Waals surface area contributed by atoms with Crippen molar-refractivity contribution in [1.29, 1.82) is 0 Å². The molecule has 0 saturated carbocycles. The minimum absolute atomic E-state index is 0.151. The van der Waals surface area contributed by atoms with E-state index in [1.165, 1.54) is 26.2 Å². The molecule has 0 aliphatic rings. The zero-order valence-corrected chi connectivity index (χ0v) is 15.0. The highest BCUT2D eigenvalue weighted by atomic mass is 32.2. The summed E-state index contributed by atoms with van der Waals surface area (Å²) in [4.78, 5) is 23.6. The van der Waals surface area contributed by atoms with Gasteiger partial charge in [0.25, 0.3) is 0 Å². The molecule has 0 N–H and O–H groups in total. The van der Waals surface area contributed by atoms with Crippen LogP contribution in [-0.2, 0) is 4.79 Å². The summed E-state index contributed by atoms with van der Waals surface area (Å²) >= 11 is 1.58. The Morgan fingerprint density at radius 3 is 2.44 bits per heavy atom. The first-order valence-corrected chi connectivity index (χ1v) is 8.71. The van der Waals surface area contributed by atoms with Crippen LogP contribution >= 0.6 is 11.8 Å². The summed E-state index contributed by atoms with van der Waals surface area (Å²) in [7, 11) is 1.50. The van der Waals surface area contributed by atoms with E-state index in [0.717, 1.165) is 5.56 Å². The first-order chi connectivity index (χ1) is 12.0. The molecule has 0 unspecified atom stereocenters. The lowest BCUT2D eigenvalue weighted by molar-refractivity contribution is -0.131. The standard InChI is InChI=1S/C19H18O5S/c1-13(20)23-16-7-5-4-6-15(16)19(21)24-17-9-8-14(10-11-25-3)12-18(17)22-2/h4-12H,1-3H3/b11-10+. The number of esters is 2. The summed E-state index contributed by atoms with van der Waals surface area (Å²) in [6.07, 6.45) is 3.89. The molecule has 0 bridgehead atoms. The fraction of sp³-hybridized carbons (Fsp3) is 0.158. The summed E-state index contributed by atoms with van der Waals surface area (Å²) in [6, 6.07) is 11.6. The number of rotatable bonds is 6. The highest BCUT2D eigenvalue weighted by molar-refractivity contribution is 8.01. The third-order valence-electron chi connectivity index (χ3n) is 3.15. The van der Waals surface area contributed by atoms with Crippen molar-refractivity contribution in [2.75, 3.05) is 13.4 Å². The third kappa shape index (κ3) is 5.12. The molecule has 6 heteroatoms. The van der Waals surface area contributed by atoms with Crippen LogP contribution in [0.25, 0.3) is 6.08 Å². The average molecular weight is 358 g/mol. The molecule has 0 fully saturated rings. The fourth-order valence-electron chi connectivity index (χ4n) is 2.05. The Morgan fingerprint density at radius 1 is 1.00 bits per heavy atom. The molecule has 0 spiro atoms. The van der Waals surface area contributed by atoms with Gasteiger partial charge in [-0.05, 0) is 47.6 Å². The maximum Gasteiger partial charge on any atom is 0.347 e. The predicted molar refractivity (Wildman–Crippen MR) is 98.3 cm³/mol. The van der Waals surface area contributed by atoms with Crippen LogP contribution in [0, 0.1) is 0 Å². The Balaban J connectivity index is 2.26. The van der Waals surface area contributed by atoms with E-state index in [-0.39, 0.29) is 17.1 Å². The van der Waals surface area contributed by atoms with E-state index in [9.17, 15) is 9.59 Å². The summed E-state index contributed by atoms with van der Waals surface area (Å²) < 4.78 is 15.8. The number of methoxy groups -OCH3 is 1. The smallest absolute Gasteiger partial charge is 0.347 e. The molecule has 0 aromatic heterocycles. The van der Waals surface area contributed by atoms with Gasteiger partial charge in [0.1, 0.15) is 11.3 Å². The zero-order valence-electron chi connectivity index (χ0n) is 14.1. The van der Waals surface area contributed by atoms with Gasteiger partial charge in [-0.25, -0.2) is 4.79 Å². The van der Waals surface area contributed by atoms with Gasteiger partial charge < -0.3 is 14.2 Å². The van der Waals surface area contributed by atoms with Gasteiger partial charge in [-0.3, -0.25) is 4.79 Å². The third-order valence-corrected chi connectivity index (χ3v) is 3.56. The van der Waals surface area contributed by atoms with Crippen molar-refractivity contribution in [3.05, 3.63) is 59.0 Å². The molecule has 2 aromatic rings. The van der Waals surface area contributed by atoms with Crippen LogP contribution in [0.1, 0.15) is 22.8 Å². The van der Waals surface area contributed by atoms with E-state index in [2.05, 4.69) is 0 Å². The number of thioether (sulfide) groups is 1. The Morgan fingerprint density at radius 2 is 1.76 bits per heavy atom. The summed E-state index contributed by atoms with van der Waals surface area (Å²) in [6.45, 7) is 1.27. The molecule has 0 aliphatic carbocycles. The molecule has 5 nitrogen and oxygen atoms in total. The van der Waals surface area contributed by atoms with Gasteiger partial charge in [0.2, 0.25) is 0 Å². The molecule has 0 saturated heterocycles. The van der Waals surface area contributed by atoms with Gasteiger partial charge in [-0.15, -0.1) is 11.8 Å². The summed E-state index contributed by atoms with van der Waals surface area (Å²) in [5, 5.41) is 1.94. The maximum absolute atomic E-state index is 12.5. The molecule has 0 heterocycles. The lowest BCUT2D eigenvalue weighted by Crippen LogP contribution is -2.13. The van der Waals surface area contributed by atoms with Crippen LogP contribution in [0.4, 0.5) is 0 Å². The van der Waals surface area contributed by atoms with E-state index in [4.69, 9.17) is 14.2 Å². The number of hydrogen-bond acceptors (Lipinski definition) is 6. The number of carbonyl (C=O) groups is 2. The number of para-hydroxylation sites is 1. The fourth-order valence-corrected chi connectivity index (χ4v) is 2.35. The second-order valence-corrected chi connectivity index (χ2v) is 5.67. The Hall–Kier alpha value is -2.73. The van der Waals surface area contributed by atoms with Crippen molar-refractivity contribution in [3.63, 3.8) is 0 Å². The predicted octanol–water partition coefficient (Wildman–Crippen LogP) is 4.17. The monoisotopic (exact) mass is 358 g/mol. The topological polar surface area (TPSA) is 61.8 Å². The van der Waals surface area contributed by atoms with Crippen LogP contribution < -0.4 is 14.2 Å². The zero-order chi connectivity index (χ0) is 18.2. The number of benzene rings is 2. The summed E-state index contributed by atoms with van der Waals surface area (Å²) in [5.41, 5.74) is 1.08. The lowest BCUT2D eigenvalue weighted by Gasteiger charge is -2.11. The van der Waals surface area contributed by atoms with Crippen LogP contribution in [0.15, 0.2) is 47.9 Å². The van der Waals surface area contributed by atoms with E-state index in [1.807, 2.05) is 23.8 Å². The molecule has 25 heavy (non-hydrogen) atoms. The van der Waals surface area contributed by atoms with Crippen molar-refractivity contribution >= 4 is 29.8 Å². The second kappa shape index (κ2) is 8.94. The van der Waals surface area contributed by atoms with Crippen LogP contribution in [0.5, 0.6) is 17.2 Å². The largest absolute Gasteiger partial charge is 0.493 e. The summed E-state index contributed by atoms with van der Waals surface area (Å²) in [5.74, 6) is -0.281. The number of carbonyl (C=O) groups excluding carboxylic acids is 2. The molecular weight excluding hydrogens is 340 g/mol. The minimum Gasteiger partial charge on any atom is -0.493 e. The Kier molecular flexibility index (Phi) is 6.65.